The van der Waals surface area contributed by atoms with Gasteiger partial charge in [0.15, 0.2) is 0 Å². The molecular weight excluding hydrogens is 204 g/mol. The summed E-state index contributed by atoms with van der Waals surface area (Å²) < 4.78 is 5.47. The van der Waals surface area contributed by atoms with Crippen molar-refractivity contribution in [3.63, 3.8) is 0 Å². The zero-order valence-electron chi connectivity index (χ0n) is 10.2. The molecule has 2 rings (SSSR count). The molecule has 0 spiro atoms. The highest BCUT2D eigenvalue weighted by atomic mass is 16.5. The van der Waals surface area contributed by atoms with Gasteiger partial charge in [0.25, 0.3) is 0 Å². The van der Waals surface area contributed by atoms with Gasteiger partial charge >= 0.3 is 0 Å². The fraction of sp³-hybridized carbons (Fsp3) is 1.00. The predicted octanol–water partition coefficient (Wildman–Crippen LogP) is 0.199. The second kappa shape index (κ2) is 4.61. The quantitative estimate of drug-likeness (QED) is 0.724. The van der Waals surface area contributed by atoms with Crippen LogP contribution in [-0.2, 0) is 4.74 Å². The number of aliphatic hydroxyl groups is 1. The number of ether oxygens (including phenoxy) is 1. The van der Waals surface area contributed by atoms with E-state index in [-0.39, 0.29) is 5.41 Å². The first-order valence-electron chi connectivity index (χ1n) is 6.38. The highest BCUT2D eigenvalue weighted by molar-refractivity contribution is 5.04. The van der Waals surface area contributed by atoms with Crippen molar-refractivity contribution in [3.8, 4) is 0 Å². The molecule has 2 aliphatic heterocycles. The molecule has 3 N–H and O–H groups in total. The molecule has 0 radical (unpaired) electrons. The van der Waals surface area contributed by atoms with E-state index in [9.17, 15) is 5.11 Å². The molecule has 1 unspecified atom stereocenters. The molecule has 0 bridgehead atoms. The lowest BCUT2D eigenvalue weighted by Gasteiger charge is -2.48. The number of nitrogens with two attached hydrogens (primary N) is 1. The molecule has 1 atom stereocenters. The highest BCUT2D eigenvalue weighted by Crippen LogP contribution is 2.44. The van der Waals surface area contributed by atoms with Gasteiger partial charge in [0, 0.05) is 31.7 Å². The van der Waals surface area contributed by atoms with Gasteiger partial charge in [-0.05, 0) is 25.8 Å². The normalized spacial score (nSPS) is 35.4. The minimum atomic E-state index is -0.607. The summed E-state index contributed by atoms with van der Waals surface area (Å²) in [5.41, 5.74) is 5.10. The maximum absolute atomic E-state index is 10.8. The molecule has 2 fully saturated rings. The lowest BCUT2D eigenvalue weighted by Crippen LogP contribution is -2.58. The standard InChI is InChI=1S/C12H24N2O2/c1-2-14-6-3-12(15,4-7-14)11(9-13)5-8-16-10-11/h15H,2-10,13H2,1H3. The third-order valence-corrected chi connectivity index (χ3v) is 4.61. The zero-order chi connectivity index (χ0) is 11.6. The van der Waals surface area contributed by atoms with E-state index in [1.165, 1.54) is 0 Å². The van der Waals surface area contributed by atoms with Gasteiger partial charge in [0.1, 0.15) is 0 Å². The van der Waals surface area contributed by atoms with Gasteiger partial charge in [-0.3, -0.25) is 0 Å². The Kier molecular flexibility index (Phi) is 3.54. The molecule has 2 saturated heterocycles. The van der Waals surface area contributed by atoms with Gasteiger partial charge in [-0.25, -0.2) is 0 Å². The van der Waals surface area contributed by atoms with Gasteiger partial charge in [0.05, 0.1) is 12.2 Å². The molecule has 0 amide bonds. The Morgan fingerprint density at radius 3 is 2.44 bits per heavy atom. The van der Waals surface area contributed by atoms with Gasteiger partial charge in [0.2, 0.25) is 0 Å². The van der Waals surface area contributed by atoms with E-state index >= 15 is 0 Å². The van der Waals surface area contributed by atoms with Gasteiger partial charge in [-0.2, -0.15) is 0 Å². The molecule has 16 heavy (non-hydrogen) atoms. The van der Waals surface area contributed by atoms with Crippen molar-refractivity contribution in [1.82, 2.24) is 4.90 Å². The smallest absolute Gasteiger partial charge is 0.0763 e. The van der Waals surface area contributed by atoms with Gasteiger partial charge < -0.3 is 20.5 Å². The van der Waals surface area contributed by atoms with Crippen molar-refractivity contribution < 1.29 is 9.84 Å². The largest absolute Gasteiger partial charge is 0.389 e. The van der Waals surface area contributed by atoms with Crippen LogP contribution in [0.3, 0.4) is 0 Å². The first-order chi connectivity index (χ1) is 7.66. The zero-order valence-corrected chi connectivity index (χ0v) is 10.2. The fourth-order valence-corrected chi connectivity index (χ4v) is 3.09. The van der Waals surface area contributed by atoms with E-state index in [0.717, 1.165) is 45.5 Å². The molecule has 4 heteroatoms. The van der Waals surface area contributed by atoms with E-state index in [1.807, 2.05) is 0 Å². The van der Waals surface area contributed by atoms with E-state index in [4.69, 9.17) is 10.5 Å². The maximum atomic E-state index is 10.8. The lowest BCUT2D eigenvalue weighted by molar-refractivity contribution is -0.118. The Morgan fingerprint density at radius 2 is 2.00 bits per heavy atom. The molecule has 0 aliphatic carbocycles. The van der Waals surface area contributed by atoms with Crippen LogP contribution in [0.25, 0.3) is 0 Å². The van der Waals surface area contributed by atoms with Crippen LogP contribution >= 0.6 is 0 Å². The third-order valence-electron chi connectivity index (χ3n) is 4.61. The van der Waals surface area contributed by atoms with Crippen LogP contribution in [0, 0.1) is 5.41 Å². The number of likely N-dealkylation sites (tertiary alicyclic amines) is 1. The van der Waals surface area contributed by atoms with Crippen LogP contribution in [0.2, 0.25) is 0 Å². The SMILES string of the molecule is CCN1CCC(O)(C2(CN)CCOC2)CC1. The molecule has 94 valence electrons. The number of piperidine rings is 1. The summed E-state index contributed by atoms with van der Waals surface area (Å²) in [7, 11) is 0. The van der Waals surface area contributed by atoms with E-state index < -0.39 is 5.60 Å². The fourth-order valence-electron chi connectivity index (χ4n) is 3.09. The summed E-state index contributed by atoms with van der Waals surface area (Å²) >= 11 is 0. The van der Waals surface area contributed by atoms with Crippen LogP contribution in [0.15, 0.2) is 0 Å². The van der Waals surface area contributed by atoms with Crippen LogP contribution < -0.4 is 5.73 Å². The summed E-state index contributed by atoms with van der Waals surface area (Å²) in [5, 5.41) is 10.8. The van der Waals surface area contributed by atoms with Crippen molar-refractivity contribution in [3.05, 3.63) is 0 Å². The summed E-state index contributed by atoms with van der Waals surface area (Å²) in [6.07, 6.45) is 2.58. The molecule has 0 aromatic heterocycles. The minimum absolute atomic E-state index is 0.188. The Labute approximate surface area is 97.7 Å². The van der Waals surface area contributed by atoms with Gasteiger partial charge in [-0.15, -0.1) is 0 Å². The molecule has 0 saturated carbocycles. The van der Waals surface area contributed by atoms with Crippen LogP contribution in [-0.4, -0.2) is 55.0 Å². The van der Waals surface area contributed by atoms with E-state index in [0.29, 0.717) is 13.2 Å². The minimum Gasteiger partial charge on any atom is -0.389 e. The third kappa shape index (κ3) is 1.88. The van der Waals surface area contributed by atoms with Crippen molar-refractivity contribution in [2.24, 2.45) is 11.1 Å². The lowest BCUT2D eigenvalue weighted by atomic mass is 9.66. The number of hydrogen-bond acceptors (Lipinski definition) is 4. The molecular formula is C12H24N2O2. The topological polar surface area (TPSA) is 58.7 Å². The average molecular weight is 228 g/mol. The van der Waals surface area contributed by atoms with E-state index in [2.05, 4.69) is 11.8 Å². The van der Waals surface area contributed by atoms with E-state index in [1.54, 1.807) is 0 Å². The monoisotopic (exact) mass is 228 g/mol. The number of nitrogens with zero attached hydrogens (tertiary/aromatic N) is 1. The Hall–Kier alpha value is -0.160. The molecule has 2 heterocycles. The molecule has 4 nitrogen and oxygen atoms in total. The first-order valence-corrected chi connectivity index (χ1v) is 6.38. The number of rotatable bonds is 3. The summed E-state index contributed by atoms with van der Waals surface area (Å²) in [6, 6.07) is 0. The van der Waals surface area contributed by atoms with Crippen molar-refractivity contribution >= 4 is 0 Å². The summed E-state index contributed by atoms with van der Waals surface area (Å²) in [5.74, 6) is 0. The first kappa shape index (κ1) is 12.3. The molecule has 0 aromatic carbocycles. The van der Waals surface area contributed by atoms with Gasteiger partial charge in [-0.1, -0.05) is 6.92 Å². The Morgan fingerprint density at radius 1 is 1.31 bits per heavy atom. The second-order valence-electron chi connectivity index (χ2n) is 5.25. The summed E-state index contributed by atoms with van der Waals surface area (Å²) in [6.45, 7) is 7.12. The maximum Gasteiger partial charge on any atom is 0.0763 e. The Bertz CT molecular complexity index is 231. The Balaban J connectivity index is 2.07. The van der Waals surface area contributed by atoms with Crippen molar-refractivity contribution in [2.75, 3.05) is 39.4 Å². The van der Waals surface area contributed by atoms with Crippen LogP contribution in [0.1, 0.15) is 26.2 Å². The second-order valence-corrected chi connectivity index (χ2v) is 5.25. The highest BCUT2D eigenvalue weighted by Gasteiger charge is 2.52. The summed E-state index contributed by atoms with van der Waals surface area (Å²) in [4.78, 5) is 2.38. The average Bonchev–Trinajstić information content (AvgIpc) is 2.80. The van der Waals surface area contributed by atoms with Crippen LogP contribution in [0.5, 0.6) is 0 Å². The molecule has 2 aliphatic rings. The predicted molar refractivity (Wildman–Crippen MR) is 63.2 cm³/mol. The van der Waals surface area contributed by atoms with Crippen LogP contribution in [0.4, 0.5) is 0 Å². The number of hydrogen-bond donors (Lipinski definition) is 2. The van der Waals surface area contributed by atoms with Crippen molar-refractivity contribution in [1.29, 1.82) is 0 Å². The van der Waals surface area contributed by atoms with Crippen molar-refractivity contribution in [2.45, 2.75) is 31.8 Å². The molecule has 0 aromatic rings.